The van der Waals surface area contributed by atoms with Crippen LogP contribution in [0.3, 0.4) is 0 Å². The summed E-state index contributed by atoms with van der Waals surface area (Å²) in [7, 11) is 1.54. The molecule has 1 heterocycles. The molecule has 0 spiro atoms. The average Bonchev–Trinajstić information content (AvgIpc) is 3.42. The first-order valence-electron chi connectivity index (χ1n) is 14.1. The topological polar surface area (TPSA) is 162 Å². The highest BCUT2D eigenvalue weighted by Crippen LogP contribution is 2.23. The minimum atomic E-state index is -1.38. The summed E-state index contributed by atoms with van der Waals surface area (Å²) >= 11 is 0. The van der Waals surface area contributed by atoms with Crippen molar-refractivity contribution in [2.75, 3.05) is 24.3 Å². The molecule has 4 amide bonds. The quantitative estimate of drug-likeness (QED) is 0.110. The Morgan fingerprint density at radius 1 is 0.932 bits per heavy atom. The third kappa shape index (κ3) is 8.81. The monoisotopic (exact) mass is 603 g/mol. The summed E-state index contributed by atoms with van der Waals surface area (Å²) in [5, 5.41) is 20.3. The first kappa shape index (κ1) is 31.5. The predicted octanol–water partition coefficient (Wildman–Crippen LogP) is 5.06. The number of aromatic amines is 1. The number of amides is 4. The van der Waals surface area contributed by atoms with Gasteiger partial charge in [0.15, 0.2) is 0 Å². The molecule has 0 bridgehead atoms. The van der Waals surface area contributed by atoms with E-state index in [1.54, 1.807) is 24.3 Å². The first-order valence-corrected chi connectivity index (χ1v) is 14.1. The molecule has 0 radical (unpaired) electrons. The number of aromatic nitrogens is 1. The lowest BCUT2D eigenvalue weighted by atomic mass is 10.0. The van der Waals surface area contributed by atoms with Crippen LogP contribution in [0.4, 0.5) is 20.6 Å². The number of carboxylic acid groups (broad SMARTS) is 1. The molecule has 0 aliphatic carbocycles. The zero-order chi connectivity index (χ0) is 31.5. The summed E-state index contributed by atoms with van der Waals surface area (Å²) in [6.45, 7) is 0.341. The number of benzene rings is 3. The van der Waals surface area contributed by atoms with Crippen molar-refractivity contribution < 1.29 is 33.4 Å². The zero-order valence-electron chi connectivity index (χ0n) is 24.1. The minimum absolute atomic E-state index is 0.0603. The summed E-state index contributed by atoms with van der Waals surface area (Å²) in [4.78, 5) is 52.8. The van der Waals surface area contributed by atoms with Gasteiger partial charge in [0.2, 0.25) is 11.8 Å². The van der Waals surface area contributed by atoms with Gasteiger partial charge in [0.1, 0.15) is 17.6 Å². The maximum Gasteiger partial charge on any atom is 0.409 e. The summed E-state index contributed by atoms with van der Waals surface area (Å²) < 4.78 is 18.6. The van der Waals surface area contributed by atoms with Gasteiger partial charge in [-0.1, -0.05) is 24.6 Å². The molecule has 44 heavy (non-hydrogen) atoms. The molecule has 0 saturated heterocycles. The highest BCUT2D eigenvalue weighted by molar-refractivity contribution is 5.98. The van der Waals surface area contributed by atoms with Crippen LogP contribution in [0.15, 0.2) is 72.9 Å². The van der Waals surface area contributed by atoms with Gasteiger partial charge in [-0.2, -0.15) is 0 Å². The molecule has 1 aromatic heterocycles. The van der Waals surface area contributed by atoms with Crippen molar-refractivity contribution in [3.63, 3.8) is 0 Å². The lowest BCUT2D eigenvalue weighted by molar-refractivity contribution is -0.123. The molecule has 0 fully saturated rings. The van der Waals surface area contributed by atoms with E-state index in [2.05, 4.69) is 26.3 Å². The van der Waals surface area contributed by atoms with Gasteiger partial charge >= 0.3 is 6.09 Å². The maximum absolute atomic E-state index is 13.5. The fraction of sp³-hybridized carbons (Fsp3) is 0.250. The summed E-state index contributed by atoms with van der Waals surface area (Å²) in [6, 6.07) is 16.9. The van der Waals surface area contributed by atoms with Crippen LogP contribution in [0.1, 0.15) is 41.6 Å². The first-order chi connectivity index (χ1) is 21.2. The van der Waals surface area contributed by atoms with Crippen LogP contribution >= 0.6 is 0 Å². The second-order valence-electron chi connectivity index (χ2n) is 10.1. The van der Waals surface area contributed by atoms with E-state index in [-0.39, 0.29) is 41.9 Å². The number of halogens is 1. The van der Waals surface area contributed by atoms with E-state index in [9.17, 15) is 23.6 Å². The van der Waals surface area contributed by atoms with Crippen molar-refractivity contribution in [2.45, 2.75) is 38.1 Å². The van der Waals surface area contributed by atoms with Gasteiger partial charge in [-0.25, -0.2) is 9.18 Å². The van der Waals surface area contributed by atoms with Crippen molar-refractivity contribution in [2.24, 2.45) is 0 Å². The highest BCUT2D eigenvalue weighted by Gasteiger charge is 2.23. The van der Waals surface area contributed by atoms with Crippen molar-refractivity contribution in [3.8, 4) is 5.75 Å². The Bertz CT molecular complexity index is 1620. The van der Waals surface area contributed by atoms with Crippen LogP contribution in [0, 0.1) is 5.82 Å². The van der Waals surface area contributed by atoms with Crippen LogP contribution in [0.5, 0.6) is 5.75 Å². The van der Waals surface area contributed by atoms with E-state index in [4.69, 9.17) is 9.84 Å². The molecule has 1 atom stereocenters. The molecule has 12 heteroatoms. The number of unbranched alkanes of at least 4 members (excludes halogenated alkanes) is 2. The van der Waals surface area contributed by atoms with Gasteiger partial charge in [-0.15, -0.1) is 0 Å². The standard InChI is InChI=1S/C32H34FN5O6/c1-44-23-13-10-20(11-14-23)30(40)37-28(17-21-19-35-25-8-5-4-7-24(21)25)31(41)34-16-6-2-3-9-29(39)36-26-15-12-22(33)18-27(26)38-32(42)43/h4-5,7-8,10-15,18-19,28,35,38H,2-3,6,9,16-17H2,1H3,(H,34,41)(H,36,39)(H,37,40)(H,42,43)/t28-/m0/s1. The number of methoxy groups -OCH3 is 1. The molecule has 4 aromatic rings. The smallest absolute Gasteiger partial charge is 0.409 e. The molecule has 0 saturated carbocycles. The normalized spacial score (nSPS) is 11.4. The zero-order valence-corrected chi connectivity index (χ0v) is 24.1. The fourth-order valence-electron chi connectivity index (χ4n) is 4.69. The molecular weight excluding hydrogens is 569 g/mol. The lowest BCUT2D eigenvalue weighted by Crippen LogP contribution is -2.48. The Kier molecular flexibility index (Phi) is 10.9. The number of hydrogen-bond donors (Lipinski definition) is 6. The van der Waals surface area contributed by atoms with Gasteiger partial charge in [0, 0.05) is 42.0 Å². The van der Waals surface area contributed by atoms with E-state index in [1.807, 2.05) is 30.5 Å². The van der Waals surface area contributed by atoms with Gasteiger partial charge in [0.25, 0.3) is 5.91 Å². The van der Waals surface area contributed by atoms with Gasteiger partial charge in [0.05, 0.1) is 18.5 Å². The van der Waals surface area contributed by atoms with E-state index in [1.165, 1.54) is 13.2 Å². The molecule has 230 valence electrons. The number of para-hydroxylation sites is 1. The van der Waals surface area contributed by atoms with Crippen LogP contribution in [0.2, 0.25) is 0 Å². The Balaban J connectivity index is 1.29. The summed E-state index contributed by atoms with van der Waals surface area (Å²) in [6.07, 6.45) is 2.62. The van der Waals surface area contributed by atoms with Crippen molar-refractivity contribution >= 4 is 46.1 Å². The number of ether oxygens (including phenoxy) is 1. The number of carbonyl (C=O) groups is 4. The minimum Gasteiger partial charge on any atom is -0.497 e. The number of hydrogen-bond acceptors (Lipinski definition) is 5. The molecule has 3 aromatic carbocycles. The summed E-state index contributed by atoms with van der Waals surface area (Å²) in [5.41, 5.74) is 2.32. The fourth-order valence-corrected chi connectivity index (χ4v) is 4.69. The maximum atomic E-state index is 13.5. The average molecular weight is 604 g/mol. The second kappa shape index (κ2) is 15.2. The largest absolute Gasteiger partial charge is 0.497 e. The molecule has 11 nitrogen and oxygen atoms in total. The van der Waals surface area contributed by atoms with E-state index in [0.29, 0.717) is 37.1 Å². The number of H-pyrrole nitrogens is 1. The Morgan fingerprint density at radius 3 is 2.45 bits per heavy atom. The number of carbonyl (C=O) groups excluding carboxylic acids is 3. The van der Waals surface area contributed by atoms with Crippen LogP contribution in [-0.4, -0.2) is 53.6 Å². The molecular formula is C32H34FN5O6. The van der Waals surface area contributed by atoms with Gasteiger partial charge in [-0.3, -0.25) is 19.7 Å². The molecule has 4 rings (SSSR count). The molecule has 6 N–H and O–H groups in total. The number of rotatable bonds is 14. The molecule has 0 aliphatic rings. The van der Waals surface area contributed by atoms with Crippen molar-refractivity contribution in [1.29, 1.82) is 0 Å². The molecule has 0 aliphatic heterocycles. The van der Waals surface area contributed by atoms with Gasteiger partial charge in [-0.05, 0) is 66.9 Å². The van der Waals surface area contributed by atoms with E-state index < -0.39 is 18.0 Å². The van der Waals surface area contributed by atoms with Crippen molar-refractivity contribution in [1.82, 2.24) is 15.6 Å². The number of nitrogens with one attached hydrogen (secondary N) is 5. The SMILES string of the molecule is COc1ccc(C(=O)N[C@@H](Cc2c[nH]c3ccccc23)C(=O)NCCCCCC(=O)Nc2ccc(F)cc2NC(=O)O)cc1. The van der Waals surface area contributed by atoms with E-state index in [0.717, 1.165) is 28.6 Å². The third-order valence-electron chi connectivity index (χ3n) is 6.95. The number of anilines is 2. The lowest BCUT2D eigenvalue weighted by Gasteiger charge is -2.19. The third-order valence-corrected chi connectivity index (χ3v) is 6.95. The Labute approximate surface area is 253 Å². The van der Waals surface area contributed by atoms with Crippen LogP contribution in [-0.2, 0) is 16.0 Å². The Hall–Kier alpha value is -5.39. The Morgan fingerprint density at radius 2 is 1.70 bits per heavy atom. The van der Waals surface area contributed by atoms with Crippen molar-refractivity contribution in [3.05, 3.63) is 89.9 Å². The number of fused-ring (bicyclic) bond motifs is 1. The van der Waals surface area contributed by atoms with Crippen LogP contribution in [0.25, 0.3) is 10.9 Å². The summed E-state index contributed by atoms with van der Waals surface area (Å²) in [5.74, 6) is -1.10. The highest BCUT2D eigenvalue weighted by atomic mass is 19.1. The predicted molar refractivity (Wildman–Crippen MR) is 164 cm³/mol. The molecule has 0 unspecified atom stereocenters. The van der Waals surface area contributed by atoms with E-state index >= 15 is 0 Å². The second-order valence-corrected chi connectivity index (χ2v) is 10.1. The van der Waals surface area contributed by atoms with Gasteiger partial charge < -0.3 is 30.8 Å². The van der Waals surface area contributed by atoms with Crippen LogP contribution < -0.4 is 26.0 Å².